The molecule has 0 radical (unpaired) electrons. The summed E-state index contributed by atoms with van der Waals surface area (Å²) < 4.78 is 36.4. The van der Waals surface area contributed by atoms with Crippen LogP contribution in [0.3, 0.4) is 0 Å². The highest BCUT2D eigenvalue weighted by molar-refractivity contribution is 5.93. The standard InChI is InChI=1S/C27H26F2N6O2/c1-15-7-9-19(10-8-15)13-34-18(4)25(17(3)33-34)31-23(36)14-35-27-24(16(2)32-35)20(26(28)29)12-21(30-27)22-6-5-11-37-22/h5-12,26H,13-14H2,1-4H3,(H,31,36). The fourth-order valence-electron chi connectivity index (χ4n) is 4.43. The predicted octanol–water partition coefficient (Wildman–Crippen LogP) is 5.75. The number of aromatic nitrogens is 5. The Morgan fingerprint density at radius 2 is 1.76 bits per heavy atom. The quantitative estimate of drug-likeness (QED) is 0.305. The number of benzene rings is 1. The molecule has 0 unspecified atom stereocenters. The number of hydrogen-bond acceptors (Lipinski definition) is 5. The van der Waals surface area contributed by atoms with E-state index in [1.54, 1.807) is 19.1 Å². The Balaban J connectivity index is 1.43. The molecule has 0 aliphatic heterocycles. The molecule has 0 saturated heterocycles. The minimum absolute atomic E-state index is 0.195. The summed E-state index contributed by atoms with van der Waals surface area (Å²) in [6.45, 7) is 7.75. The van der Waals surface area contributed by atoms with E-state index in [0.717, 1.165) is 11.3 Å². The van der Waals surface area contributed by atoms with Gasteiger partial charge in [-0.15, -0.1) is 0 Å². The topological polar surface area (TPSA) is 90.8 Å². The molecule has 0 aliphatic carbocycles. The maximum atomic E-state index is 13.9. The molecule has 1 N–H and O–H groups in total. The van der Waals surface area contributed by atoms with Gasteiger partial charge in [0.05, 0.1) is 41.0 Å². The fourth-order valence-corrected chi connectivity index (χ4v) is 4.43. The molecular formula is C27H26F2N6O2. The number of amides is 1. The fraction of sp³-hybridized carbons (Fsp3) is 0.259. The molecule has 0 aliphatic rings. The number of hydrogen-bond donors (Lipinski definition) is 1. The van der Waals surface area contributed by atoms with E-state index in [0.29, 0.717) is 29.4 Å². The van der Waals surface area contributed by atoms with E-state index in [2.05, 4.69) is 20.5 Å². The van der Waals surface area contributed by atoms with E-state index in [-0.39, 0.29) is 34.7 Å². The molecule has 5 aromatic rings. The Morgan fingerprint density at radius 3 is 2.43 bits per heavy atom. The van der Waals surface area contributed by atoms with E-state index in [1.165, 1.54) is 22.6 Å². The van der Waals surface area contributed by atoms with Gasteiger partial charge in [0, 0.05) is 5.56 Å². The van der Waals surface area contributed by atoms with Crippen molar-refractivity contribution in [3.8, 4) is 11.5 Å². The summed E-state index contributed by atoms with van der Waals surface area (Å²) in [4.78, 5) is 17.6. The van der Waals surface area contributed by atoms with Crippen LogP contribution in [0.2, 0.25) is 0 Å². The summed E-state index contributed by atoms with van der Waals surface area (Å²) in [5.41, 5.74) is 4.99. The highest BCUT2D eigenvalue weighted by Gasteiger charge is 2.23. The number of nitrogens with one attached hydrogen (secondary N) is 1. The summed E-state index contributed by atoms with van der Waals surface area (Å²) in [6, 6.07) is 12.8. The lowest BCUT2D eigenvalue weighted by molar-refractivity contribution is -0.116. The van der Waals surface area contributed by atoms with E-state index in [1.807, 2.05) is 49.7 Å². The van der Waals surface area contributed by atoms with Gasteiger partial charge < -0.3 is 9.73 Å². The zero-order chi connectivity index (χ0) is 26.3. The summed E-state index contributed by atoms with van der Waals surface area (Å²) >= 11 is 0. The second kappa shape index (κ2) is 9.61. The molecule has 1 amide bonds. The largest absolute Gasteiger partial charge is 0.463 e. The van der Waals surface area contributed by atoms with Crippen molar-refractivity contribution in [3.63, 3.8) is 0 Å². The minimum atomic E-state index is -2.74. The molecule has 0 atom stereocenters. The maximum Gasteiger partial charge on any atom is 0.264 e. The second-order valence-corrected chi connectivity index (χ2v) is 9.05. The van der Waals surface area contributed by atoms with Crippen molar-refractivity contribution in [1.82, 2.24) is 24.5 Å². The lowest BCUT2D eigenvalue weighted by Gasteiger charge is -2.09. The molecule has 190 valence electrons. The van der Waals surface area contributed by atoms with Crippen molar-refractivity contribution in [3.05, 3.63) is 82.5 Å². The zero-order valence-electron chi connectivity index (χ0n) is 20.9. The first-order chi connectivity index (χ1) is 17.7. The average molecular weight is 505 g/mol. The summed E-state index contributed by atoms with van der Waals surface area (Å²) in [7, 11) is 0. The average Bonchev–Trinajstić information content (AvgIpc) is 3.56. The molecular weight excluding hydrogens is 478 g/mol. The molecule has 0 spiro atoms. The van der Waals surface area contributed by atoms with Crippen molar-refractivity contribution in [2.24, 2.45) is 0 Å². The SMILES string of the molecule is Cc1ccc(Cn2nc(C)c(NC(=O)Cn3nc(C)c4c(C(F)F)cc(-c5ccco5)nc43)c2C)cc1. The number of fused-ring (bicyclic) bond motifs is 1. The number of rotatable bonds is 7. The Morgan fingerprint density at radius 1 is 1.03 bits per heavy atom. The Labute approximate surface area is 211 Å². The van der Waals surface area contributed by atoms with Gasteiger partial charge in [-0.1, -0.05) is 29.8 Å². The van der Waals surface area contributed by atoms with Crippen LogP contribution >= 0.6 is 0 Å². The predicted molar refractivity (Wildman–Crippen MR) is 136 cm³/mol. The van der Waals surface area contributed by atoms with Crippen molar-refractivity contribution in [1.29, 1.82) is 0 Å². The molecule has 0 bridgehead atoms. The van der Waals surface area contributed by atoms with Crippen molar-refractivity contribution in [2.45, 2.75) is 47.2 Å². The first kappa shape index (κ1) is 24.4. The molecule has 1 aromatic carbocycles. The van der Waals surface area contributed by atoms with Crippen LogP contribution in [0.15, 0.2) is 53.1 Å². The van der Waals surface area contributed by atoms with Gasteiger partial charge >= 0.3 is 0 Å². The van der Waals surface area contributed by atoms with E-state index >= 15 is 0 Å². The number of carbonyl (C=O) groups is 1. The van der Waals surface area contributed by atoms with E-state index in [9.17, 15) is 13.6 Å². The number of alkyl halides is 2. The van der Waals surface area contributed by atoms with E-state index in [4.69, 9.17) is 4.42 Å². The highest BCUT2D eigenvalue weighted by Crippen LogP contribution is 2.33. The van der Waals surface area contributed by atoms with E-state index < -0.39 is 6.43 Å². The lowest BCUT2D eigenvalue weighted by atomic mass is 10.1. The lowest BCUT2D eigenvalue weighted by Crippen LogP contribution is -2.20. The number of nitrogens with zero attached hydrogens (tertiary/aromatic N) is 5. The third-order valence-corrected chi connectivity index (χ3v) is 6.31. The summed E-state index contributed by atoms with van der Waals surface area (Å²) in [6.07, 6.45) is -1.29. The van der Waals surface area contributed by atoms with Gasteiger partial charge in [-0.2, -0.15) is 10.2 Å². The molecule has 0 saturated carbocycles. The Bertz CT molecular complexity index is 1580. The van der Waals surface area contributed by atoms with Gasteiger partial charge in [0.25, 0.3) is 6.43 Å². The van der Waals surface area contributed by atoms with Gasteiger partial charge in [0.1, 0.15) is 12.2 Å². The molecule has 5 rings (SSSR count). The Hall–Kier alpha value is -4.34. The van der Waals surface area contributed by atoms with Gasteiger partial charge in [-0.05, 0) is 51.5 Å². The molecule has 37 heavy (non-hydrogen) atoms. The number of anilines is 1. The van der Waals surface area contributed by atoms with Crippen LogP contribution in [0.5, 0.6) is 0 Å². The molecule has 8 nitrogen and oxygen atoms in total. The van der Waals surface area contributed by atoms with Gasteiger partial charge in [0.15, 0.2) is 11.4 Å². The number of aryl methyl sites for hydroxylation is 3. The third-order valence-electron chi connectivity index (χ3n) is 6.31. The van der Waals surface area contributed by atoms with Crippen molar-refractivity contribution < 1.29 is 18.0 Å². The number of halogens is 2. The minimum Gasteiger partial charge on any atom is -0.463 e. The highest BCUT2D eigenvalue weighted by atomic mass is 19.3. The first-order valence-electron chi connectivity index (χ1n) is 11.8. The van der Waals surface area contributed by atoms with Crippen LogP contribution < -0.4 is 5.32 Å². The molecule has 10 heteroatoms. The van der Waals surface area contributed by atoms with Crippen LogP contribution in [0, 0.1) is 27.7 Å². The van der Waals surface area contributed by atoms with Crippen LogP contribution in [-0.4, -0.2) is 30.5 Å². The normalized spacial score (nSPS) is 11.5. The van der Waals surface area contributed by atoms with Gasteiger partial charge in [-0.25, -0.2) is 18.4 Å². The Kier molecular flexibility index (Phi) is 6.32. The molecule has 4 aromatic heterocycles. The van der Waals surface area contributed by atoms with Crippen molar-refractivity contribution in [2.75, 3.05) is 5.32 Å². The van der Waals surface area contributed by atoms with Crippen LogP contribution in [0.4, 0.5) is 14.5 Å². The van der Waals surface area contributed by atoms with Crippen LogP contribution in [-0.2, 0) is 17.9 Å². The zero-order valence-corrected chi connectivity index (χ0v) is 20.9. The monoisotopic (exact) mass is 504 g/mol. The summed E-state index contributed by atoms with van der Waals surface area (Å²) in [5.74, 6) is -0.0137. The number of furan rings is 1. The second-order valence-electron chi connectivity index (χ2n) is 9.05. The van der Waals surface area contributed by atoms with Crippen molar-refractivity contribution >= 4 is 22.6 Å². The van der Waals surface area contributed by atoms with Crippen LogP contribution in [0.25, 0.3) is 22.5 Å². The van der Waals surface area contributed by atoms with Gasteiger partial charge in [-0.3, -0.25) is 9.48 Å². The number of carbonyl (C=O) groups excluding carboxylic acids is 1. The maximum absolute atomic E-state index is 13.9. The first-order valence-corrected chi connectivity index (χ1v) is 11.8. The van der Waals surface area contributed by atoms with Gasteiger partial charge in [0.2, 0.25) is 5.91 Å². The molecule has 0 fully saturated rings. The molecule has 4 heterocycles. The third kappa shape index (κ3) is 4.74. The van der Waals surface area contributed by atoms with Crippen LogP contribution in [0.1, 0.15) is 40.2 Å². The summed E-state index contributed by atoms with van der Waals surface area (Å²) in [5, 5.41) is 12.1. The number of pyridine rings is 1. The smallest absolute Gasteiger partial charge is 0.264 e.